The van der Waals surface area contributed by atoms with E-state index in [1.54, 1.807) is 7.11 Å². The molecule has 0 spiro atoms. The summed E-state index contributed by atoms with van der Waals surface area (Å²) in [5.74, 6) is 0.644. The van der Waals surface area contributed by atoms with Crippen LogP contribution < -0.4 is 5.32 Å². The average molecular weight is 246 g/mol. The van der Waals surface area contributed by atoms with Crippen LogP contribution in [0.3, 0.4) is 0 Å². The number of halogens is 1. The zero-order valence-corrected chi connectivity index (χ0v) is 10.9. The van der Waals surface area contributed by atoms with Crippen molar-refractivity contribution in [3.63, 3.8) is 0 Å². The molecule has 0 aromatic carbocycles. The first-order chi connectivity index (χ1) is 7.67. The predicted molar refractivity (Wildman–Crippen MR) is 65.8 cm³/mol. The van der Waals surface area contributed by atoms with Crippen molar-refractivity contribution in [1.29, 1.82) is 0 Å². The average Bonchev–Trinajstić information content (AvgIpc) is 2.54. The smallest absolute Gasteiger partial charge is 0.0616 e. The molecule has 4 nitrogen and oxygen atoms in total. The minimum atomic E-state index is 0.303. The molecule has 1 N–H and O–H groups in total. The van der Waals surface area contributed by atoms with E-state index in [1.165, 1.54) is 5.69 Å². The highest BCUT2D eigenvalue weighted by atomic mass is 35.5. The molecule has 1 heterocycles. The van der Waals surface area contributed by atoms with Gasteiger partial charge in [0.1, 0.15) is 0 Å². The summed E-state index contributed by atoms with van der Waals surface area (Å²) >= 11 is 5.74. The minimum absolute atomic E-state index is 0.303. The Balaban J connectivity index is 2.44. The molecule has 0 aliphatic carbocycles. The fraction of sp³-hybridized carbons (Fsp3) is 0.727. The summed E-state index contributed by atoms with van der Waals surface area (Å²) in [6, 6.07) is 2.38. The first-order valence-corrected chi connectivity index (χ1v) is 5.98. The van der Waals surface area contributed by atoms with Crippen LogP contribution >= 0.6 is 11.6 Å². The number of alkyl halides is 1. The van der Waals surface area contributed by atoms with E-state index < -0.39 is 0 Å². The molecule has 0 saturated heterocycles. The third-order valence-electron chi connectivity index (χ3n) is 2.50. The lowest BCUT2D eigenvalue weighted by atomic mass is 10.2. The molecule has 0 amide bonds. The number of nitrogens with one attached hydrogen (secondary N) is 1. The molecule has 92 valence electrons. The van der Waals surface area contributed by atoms with Crippen LogP contribution in [0.1, 0.15) is 17.8 Å². The largest absolute Gasteiger partial charge is 0.383 e. The fourth-order valence-electron chi connectivity index (χ4n) is 1.66. The van der Waals surface area contributed by atoms with Gasteiger partial charge in [-0.05, 0) is 19.4 Å². The number of aromatic nitrogens is 2. The van der Waals surface area contributed by atoms with E-state index in [2.05, 4.69) is 16.5 Å². The molecule has 0 bridgehead atoms. The van der Waals surface area contributed by atoms with E-state index in [0.717, 1.165) is 18.7 Å². The Kier molecular flexibility index (Phi) is 5.80. The second-order valence-electron chi connectivity index (χ2n) is 3.91. The Morgan fingerprint density at radius 3 is 2.88 bits per heavy atom. The fourth-order valence-corrected chi connectivity index (χ4v) is 1.92. The molecule has 0 fully saturated rings. The van der Waals surface area contributed by atoms with Crippen molar-refractivity contribution < 1.29 is 4.74 Å². The topological polar surface area (TPSA) is 39.1 Å². The SMILES string of the molecule is COCC(CCCl)NCc1cc(C)nn1C. The molecule has 1 rings (SSSR count). The molecule has 1 unspecified atom stereocenters. The Morgan fingerprint density at radius 2 is 2.38 bits per heavy atom. The first-order valence-electron chi connectivity index (χ1n) is 5.45. The molecule has 1 atom stereocenters. The van der Waals surface area contributed by atoms with Crippen molar-refractivity contribution in [2.24, 2.45) is 7.05 Å². The maximum atomic E-state index is 5.74. The summed E-state index contributed by atoms with van der Waals surface area (Å²) in [5, 5.41) is 7.72. The second kappa shape index (κ2) is 6.89. The second-order valence-corrected chi connectivity index (χ2v) is 4.29. The molecule has 16 heavy (non-hydrogen) atoms. The van der Waals surface area contributed by atoms with Gasteiger partial charge in [-0.3, -0.25) is 4.68 Å². The van der Waals surface area contributed by atoms with E-state index in [9.17, 15) is 0 Å². The molecule has 1 aromatic heterocycles. The maximum absolute atomic E-state index is 5.74. The molecular weight excluding hydrogens is 226 g/mol. The van der Waals surface area contributed by atoms with Gasteiger partial charge in [0.25, 0.3) is 0 Å². The van der Waals surface area contributed by atoms with Gasteiger partial charge < -0.3 is 10.1 Å². The van der Waals surface area contributed by atoms with Gasteiger partial charge in [0, 0.05) is 32.6 Å². The quantitative estimate of drug-likeness (QED) is 0.740. The van der Waals surface area contributed by atoms with Crippen LogP contribution in [0.15, 0.2) is 6.07 Å². The van der Waals surface area contributed by atoms with Crippen LogP contribution in [-0.4, -0.2) is 35.4 Å². The highest BCUT2D eigenvalue weighted by Gasteiger charge is 2.08. The number of hydrogen-bond acceptors (Lipinski definition) is 3. The molecule has 0 aliphatic heterocycles. The maximum Gasteiger partial charge on any atom is 0.0616 e. The zero-order chi connectivity index (χ0) is 12.0. The van der Waals surface area contributed by atoms with E-state index >= 15 is 0 Å². The van der Waals surface area contributed by atoms with Crippen LogP contribution in [0.4, 0.5) is 0 Å². The van der Waals surface area contributed by atoms with Gasteiger partial charge in [-0.25, -0.2) is 0 Å². The molecule has 5 heteroatoms. The number of hydrogen-bond donors (Lipinski definition) is 1. The van der Waals surface area contributed by atoms with E-state index in [1.807, 2.05) is 18.7 Å². The van der Waals surface area contributed by atoms with E-state index in [4.69, 9.17) is 16.3 Å². The number of methoxy groups -OCH3 is 1. The predicted octanol–water partition coefficient (Wildman–Crippen LogP) is 1.46. The van der Waals surface area contributed by atoms with Crippen molar-refractivity contribution in [2.75, 3.05) is 19.6 Å². The van der Waals surface area contributed by atoms with Crippen molar-refractivity contribution in [3.8, 4) is 0 Å². The highest BCUT2D eigenvalue weighted by Crippen LogP contribution is 2.03. The Labute approximate surface area is 102 Å². The van der Waals surface area contributed by atoms with Crippen LogP contribution in [-0.2, 0) is 18.3 Å². The van der Waals surface area contributed by atoms with Gasteiger partial charge in [0.05, 0.1) is 18.0 Å². The lowest BCUT2D eigenvalue weighted by Crippen LogP contribution is -2.33. The van der Waals surface area contributed by atoms with Crippen LogP contribution in [0, 0.1) is 6.92 Å². The summed E-state index contributed by atoms with van der Waals surface area (Å²) in [6.07, 6.45) is 0.909. The zero-order valence-electron chi connectivity index (χ0n) is 10.2. The van der Waals surface area contributed by atoms with Gasteiger partial charge in [-0.2, -0.15) is 5.10 Å². The summed E-state index contributed by atoms with van der Waals surface area (Å²) in [4.78, 5) is 0. The van der Waals surface area contributed by atoms with E-state index in [-0.39, 0.29) is 0 Å². The van der Waals surface area contributed by atoms with Crippen LogP contribution in [0.25, 0.3) is 0 Å². The van der Waals surface area contributed by atoms with Gasteiger partial charge in [-0.1, -0.05) is 0 Å². The third-order valence-corrected chi connectivity index (χ3v) is 2.71. The number of aryl methyl sites for hydroxylation is 2. The van der Waals surface area contributed by atoms with Gasteiger partial charge in [0.2, 0.25) is 0 Å². The van der Waals surface area contributed by atoms with Crippen molar-refractivity contribution in [1.82, 2.24) is 15.1 Å². The summed E-state index contributed by atoms with van der Waals surface area (Å²) in [7, 11) is 3.66. The standard InChI is InChI=1S/C11H20ClN3O/c1-9-6-11(15(2)14-9)7-13-10(4-5-12)8-16-3/h6,10,13H,4-5,7-8H2,1-3H3. The molecule has 0 aliphatic rings. The van der Waals surface area contributed by atoms with Gasteiger partial charge in [-0.15, -0.1) is 11.6 Å². The Morgan fingerprint density at radius 1 is 1.62 bits per heavy atom. The lowest BCUT2D eigenvalue weighted by Gasteiger charge is -2.16. The Bertz CT molecular complexity index is 308. The summed E-state index contributed by atoms with van der Waals surface area (Å²) < 4.78 is 7.03. The van der Waals surface area contributed by atoms with Gasteiger partial charge >= 0.3 is 0 Å². The normalized spacial score (nSPS) is 13.0. The summed E-state index contributed by atoms with van der Waals surface area (Å²) in [6.45, 7) is 3.47. The molecular formula is C11H20ClN3O. The first kappa shape index (κ1) is 13.5. The highest BCUT2D eigenvalue weighted by molar-refractivity contribution is 6.17. The molecule has 1 aromatic rings. The summed E-state index contributed by atoms with van der Waals surface area (Å²) in [5.41, 5.74) is 2.22. The van der Waals surface area contributed by atoms with Crippen molar-refractivity contribution >= 4 is 11.6 Å². The van der Waals surface area contributed by atoms with Gasteiger partial charge in [0.15, 0.2) is 0 Å². The molecule has 0 radical (unpaired) electrons. The minimum Gasteiger partial charge on any atom is -0.383 e. The van der Waals surface area contributed by atoms with Crippen LogP contribution in [0.5, 0.6) is 0 Å². The van der Waals surface area contributed by atoms with E-state index in [0.29, 0.717) is 18.5 Å². The van der Waals surface area contributed by atoms with Crippen molar-refractivity contribution in [3.05, 3.63) is 17.5 Å². The number of ether oxygens (including phenoxy) is 1. The number of nitrogens with zero attached hydrogens (tertiary/aromatic N) is 2. The Hall–Kier alpha value is -0.580. The monoisotopic (exact) mass is 245 g/mol. The lowest BCUT2D eigenvalue weighted by molar-refractivity contribution is 0.163. The third kappa shape index (κ3) is 4.12. The molecule has 0 saturated carbocycles. The van der Waals surface area contributed by atoms with Crippen molar-refractivity contribution in [2.45, 2.75) is 25.9 Å². The van der Waals surface area contributed by atoms with Crippen LogP contribution in [0.2, 0.25) is 0 Å². The number of rotatable bonds is 7.